The van der Waals surface area contributed by atoms with E-state index in [1.165, 1.54) is 4.90 Å². The highest BCUT2D eigenvalue weighted by Crippen LogP contribution is 2.27. The maximum atomic E-state index is 13.7. The molecule has 1 aliphatic heterocycles. The van der Waals surface area contributed by atoms with Crippen LogP contribution in [-0.4, -0.2) is 30.0 Å². The lowest BCUT2D eigenvalue weighted by molar-refractivity contribution is -0.132. The number of carbonyl (C=O) groups excluding carboxylic acids is 2. The molecule has 5 nitrogen and oxygen atoms in total. The number of nitrogens with zero attached hydrogens (tertiary/aromatic N) is 1. The fourth-order valence-electron chi connectivity index (χ4n) is 3.03. The van der Waals surface area contributed by atoms with E-state index in [2.05, 4.69) is 21.2 Å². The average molecular weight is 439 g/mol. The van der Waals surface area contributed by atoms with Crippen LogP contribution in [0.1, 0.15) is 18.1 Å². The van der Waals surface area contributed by atoms with E-state index in [0.29, 0.717) is 24.7 Å². The minimum Gasteiger partial charge on any atom is -0.386 e. The van der Waals surface area contributed by atoms with Crippen molar-refractivity contribution in [2.24, 2.45) is 5.92 Å². The molecule has 2 unspecified atom stereocenters. The summed E-state index contributed by atoms with van der Waals surface area (Å²) < 4.78 is 27.4. The quantitative estimate of drug-likeness (QED) is 0.705. The van der Waals surface area contributed by atoms with Crippen molar-refractivity contribution in [3.8, 4) is 0 Å². The molecule has 142 valence electrons. The molecule has 0 aromatic heterocycles. The second-order valence-electron chi connectivity index (χ2n) is 6.24. The van der Waals surface area contributed by atoms with Crippen molar-refractivity contribution < 1.29 is 23.5 Å². The molecular weight excluding hydrogens is 422 g/mol. The molecule has 1 aliphatic rings. The van der Waals surface area contributed by atoms with Crippen LogP contribution in [0.25, 0.3) is 0 Å². The third kappa shape index (κ3) is 4.33. The lowest BCUT2D eigenvalue weighted by Gasteiger charge is -2.18. The topological polar surface area (TPSA) is 69.6 Å². The van der Waals surface area contributed by atoms with E-state index in [4.69, 9.17) is 0 Å². The van der Waals surface area contributed by atoms with Gasteiger partial charge in [0.25, 0.3) is 0 Å². The molecule has 2 aromatic rings. The molecule has 0 bridgehead atoms. The lowest BCUT2D eigenvalue weighted by atomic mass is 10.1. The van der Waals surface area contributed by atoms with E-state index in [1.54, 1.807) is 18.2 Å². The number of aliphatic hydroxyl groups is 1. The molecular formula is C19H17BrF2N2O3. The van der Waals surface area contributed by atoms with Crippen LogP contribution in [0.3, 0.4) is 0 Å². The van der Waals surface area contributed by atoms with E-state index >= 15 is 0 Å². The van der Waals surface area contributed by atoms with Gasteiger partial charge in [-0.2, -0.15) is 0 Å². The standard InChI is InChI=1S/C19H17BrF2N2O3/c20-11-2-1-3-13(8-11)24-7-6-15(19(24)27)18(26)23-10-17(25)14-5-4-12(21)9-16(14)22/h1-5,8-9,15,17,25H,6-7,10H2,(H,23,26). The molecule has 2 N–H and O–H groups in total. The fraction of sp³-hybridized carbons (Fsp3) is 0.263. The van der Waals surface area contributed by atoms with Crippen molar-refractivity contribution in [2.75, 3.05) is 18.0 Å². The Morgan fingerprint density at radius 3 is 2.78 bits per heavy atom. The Morgan fingerprint density at radius 2 is 2.07 bits per heavy atom. The Kier molecular flexibility index (Phi) is 5.86. The SMILES string of the molecule is O=C(NCC(O)c1ccc(F)cc1F)C1CCN(c2cccc(Br)c2)C1=O. The van der Waals surface area contributed by atoms with E-state index in [-0.39, 0.29) is 18.0 Å². The third-order valence-electron chi connectivity index (χ3n) is 4.43. The predicted molar refractivity (Wildman–Crippen MR) is 98.9 cm³/mol. The van der Waals surface area contributed by atoms with Gasteiger partial charge in [0.1, 0.15) is 17.6 Å². The molecule has 2 amide bonds. The van der Waals surface area contributed by atoms with Crippen LogP contribution in [0.5, 0.6) is 0 Å². The van der Waals surface area contributed by atoms with Crippen LogP contribution in [0.2, 0.25) is 0 Å². The van der Waals surface area contributed by atoms with Gasteiger partial charge in [-0.25, -0.2) is 8.78 Å². The molecule has 8 heteroatoms. The maximum absolute atomic E-state index is 13.7. The summed E-state index contributed by atoms with van der Waals surface area (Å²) in [5.41, 5.74) is 0.573. The number of carbonyl (C=O) groups is 2. The lowest BCUT2D eigenvalue weighted by Crippen LogP contribution is -2.38. The third-order valence-corrected chi connectivity index (χ3v) is 4.93. The largest absolute Gasteiger partial charge is 0.386 e. The second kappa shape index (κ2) is 8.14. The normalized spacial score (nSPS) is 17.9. The van der Waals surface area contributed by atoms with Crippen LogP contribution in [0, 0.1) is 17.6 Å². The summed E-state index contributed by atoms with van der Waals surface area (Å²) in [5.74, 6) is -3.37. The van der Waals surface area contributed by atoms with Crippen molar-refractivity contribution in [3.63, 3.8) is 0 Å². The Bertz CT molecular complexity index is 878. The number of hydrogen-bond acceptors (Lipinski definition) is 3. The Morgan fingerprint density at radius 1 is 1.30 bits per heavy atom. The number of aliphatic hydroxyl groups excluding tert-OH is 1. The van der Waals surface area contributed by atoms with Crippen molar-refractivity contribution in [3.05, 3.63) is 64.1 Å². The van der Waals surface area contributed by atoms with Gasteiger partial charge < -0.3 is 15.3 Å². The molecule has 0 aliphatic carbocycles. The highest BCUT2D eigenvalue weighted by atomic mass is 79.9. The minimum atomic E-state index is -1.34. The molecule has 27 heavy (non-hydrogen) atoms. The number of rotatable bonds is 5. The van der Waals surface area contributed by atoms with Crippen LogP contribution in [0.15, 0.2) is 46.9 Å². The van der Waals surface area contributed by atoms with Crippen molar-refractivity contribution >= 4 is 33.4 Å². The second-order valence-corrected chi connectivity index (χ2v) is 7.15. The highest BCUT2D eigenvalue weighted by molar-refractivity contribution is 9.10. The minimum absolute atomic E-state index is 0.120. The highest BCUT2D eigenvalue weighted by Gasteiger charge is 2.37. The van der Waals surface area contributed by atoms with Gasteiger partial charge in [0, 0.05) is 34.9 Å². The number of halogens is 3. The molecule has 0 radical (unpaired) electrons. The molecule has 2 atom stereocenters. The molecule has 2 aromatic carbocycles. The first-order valence-corrected chi connectivity index (χ1v) is 9.14. The molecule has 3 rings (SSSR count). The first-order chi connectivity index (χ1) is 12.9. The number of amides is 2. The van der Waals surface area contributed by atoms with Crippen LogP contribution in [0.4, 0.5) is 14.5 Å². The van der Waals surface area contributed by atoms with E-state index < -0.39 is 29.6 Å². The summed E-state index contributed by atoms with van der Waals surface area (Å²) in [6.45, 7) is 0.130. The first kappa shape index (κ1) is 19.4. The summed E-state index contributed by atoms with van der Waals surface area (Å²) in [4.78, 5) is 26.4. The van der Waals surface area contributed by atoms with Gasteiger partial charge in [-0.3, -0.25) is 9.59 Å². The van der Waals surface area contributed by atoms with E-state index in [0.717, 1.165) is 16.6 Å². The molecule has 1 saturated heterocycles. The monoisotopic (exact) mass is 438 g/mol. The van der Waals surface area contributed by atoms with Gasteiger partial charge >= 0.3 is 0 Å². The Labute approximate surface area is 163 Å². The molecule has 1 fully saturated rings. The number of hydrogen-bond donors (Lipinski definition) is 2. The van der Waals surface area contributed by atoms with Crippen LogP contribution >= 0.6 is 15.9 Å². The van der Waals surface area contributed by atoms with Crippen molar-refractivity contribution in [2.45, 2.75) is 12.5 Å². The van der Waals surface area contributed by atoms with Crippen LogP contribution < -0.4 is 10.2 Å². The maximum Gasteiger partial charge on any atom is 0.239 e. The fourth-order valence-corrected chi connectivity index (χ4v) is 3.41. The zero-order chi connectivity index (χ0) is 19.6. The summed E-state index contributed by atoms with van der Waals surface area (Å²) in [5, 5.41) is 12.5. The molecule has 1 heterocycles. The van der Waals surface area contributed by atoms with Gasteiger partial charge in [-0.1, -0.05) is 28.1 Å². The Balaban J connectivity index is 1.61. The zero-order valence-corrected chi connectivity index (χ0v) is 15.7. The number of benzene rings is 2. The van der Waals surface area contributed by atoms with Crippen molar-refractivity contribution in [1.82, 2.24) is 5.32 Å². The summed E-state index contributed by atoms with van der Waals surface area (Å²) in [6, 6.07) is 10.0. The zero-order valence-electron chi connectivity index (χ0n) is 14.2. The van der Waals surface area contributed by atoms with Gasteiger partial charge in [0.15, 0.2) is 0 Å². The van der Waals surface area contributed by atoms with E-state index in [1.807, 2.05) is 6.07 Å². The van der Waals surface area contributed by atoms with Gasteiger partial charge in [-0.15, -0.1) is 0 Å². The van der Waals surface area contributed by atoms with Gasteiger partial charge in [0.05, 0.1) is 6.10 Å². The van der Waals surface area contributed by atoms with Gasteiger partial charge in [0.2, 0.25) is 11.8 Å². The molecule has 0 spiro atoms. The Hall–Kier alpha value is -2.32. The van der Waals surface area contributed by atoms with E-state index in [9.17, 15) is 23.5 Å². The van der Waals surface area contributed by atoms with Crippen molar-refractivity contribution in [1.29, 1.82) is 0 Å². The number of anilines is 1. The molecule has 0 saturated carbocycles. The average Bonchev–Trinajstić information content (AvgIpc) is 3.01. The predicted octanol–water partition coefficient (Wildman–Crippen LogP) is 2.93. The van der Waals surface area contributed by atoms with Crippen LogP contribution in [-0.2, 0) is 9.59 Å². The first-order valence-electron chi connectivity index (χ1n) is 8.34. The summed E-state index contributed by atoms with van der Waals surface area (Å²) in [6.07, 6.45) is -0.995. The summed E-state index contributed by atoms with van der Waals surface area (Å²) >= 11 is 3.35. The smallest absolute Gasteiger partial charge is 0.239 e. The van der Waals surface area contributed by atoms with Gasteiger partial charge in [-0.05, 0) is 30.7 Å². The summed E-state index contributed by atoms with van der Waals surface area (Å²) in [7, 11) is 0. The number of nitrogens with one attached hydrogen (secondary N) is 1.